The highest BCUT2D eigenvalue weighted by molar-refractivity contribution is 5.94. The van der Waals surface area contributed by atoms with Crippen molar-refractivity contribution in [3.05, 3.63) is 89.5 Å². The van der Waals surface area contributed by atoms with Crippen molar-refractivity contribution in [3.63, 3.8) is 0 Å². The molecule has 4 heteroatoms. The number of aromatic nitrogens is 1. The summed E-state index contributed by atoms with van der Waals surface area (Å²) in [6, 6.07) is 16.1. The second-order valence-electron chi connectivity index (χ2n) is 5.40. The quantitative estimate of drug-likeness (QED) is 0.780. The van der Waals surface area contributed by atoms with Crippen LogP contribution in [0.5, 0.6) is 0 Å². The van der Waals surface area contributed by atoms with E-state index in [1.807, 2.05) is 41.2 Å². The summed E-state index contributed by atoms with van der Waals surface area (Å²) in [5.74, 6) is -0.383. The summed E-state index contributed by atoms with van der Waals surface area (Å²) in [4.78, 5) is 12.2. The third-order valence-electron chi connectivity index (χ3n) is 3.71. The predicted molar refractivity (Wildman–Crippen MR) is 88.1 cm³/mol. The topological polar surface area (TPSA) is 34.0 Å². The van der Waals surface area contributed by atoms with Gasteiger partial charge in [0.2, 0.25) is 0 Å². The Kier molecular flexibility index (Phi) is 4.24. The standard InChI is InChI=1S/C19H17FN2O/c1-14-12-15(4-9-18(14)20)13-21-19(23)16-5-7-17(8-6-16)22-10-2-3-11-22/h2-12H,13H2,1H3,(H,21,23). The molecule has 3 nitrogen and oxygen atoms in total. The Morgan fingerprint density at radius 2 is 1.78 bits per heavy atom. The normalized spacial score (nSPS) is 10.5. The summed E-state index contributed by atoms with van der Waals surface area (Å²) >= 11 is 0. The second kappa shape index (κ2) is 6.48. The molecule has 0 atom stereocenters. The third kappa shape index (κ3) is 3.48. The number of amides is 1. The molecule has 3 rings (SSSR count). The fraction of sp³-hybridized carbons (Fsp3) is 0.105. The molecule has 3 aromatic rings. The third-order valence-corrected chi connectivity index (χ3v) is 3.71. The molecule has 0 saturated heterocycles. The molecule has 0 unspecified atom stereocenters. The lowest BCUT2D eigenvalue weighted by Crippen LogP contribution is -2.22. The number of benzene rings is 2. The second-order valence-corrected chi connectivity index (χ2v) is 5.40. The minimum Gasteiger partial charge on any atom is -0.348 e. The molecule has 1 heterocycles. The van der Waals surface area contributed by atoms with Crippen LogP contribution >= 0.6 is 0 Å². The zero-order valence-corrected chi connectivity index (χ0v) is 12.8. The summed E-state index contributed by atoms with van der Waals surface area (Å²) in [5, 5.41) is 2.85. The largest absolute Gasteiger partial charge is 0.348 e. The van der Waals surface area contributed by atoms with E-state index in [-0.39, 0.29) is 11.7 Å². The number of hydrogen-bond donors (Lipinski definition) is 1. The van der Waals surface area contributed by atoms with Gasteiger partial charge < -0.3 is 9.88 Å². The van der Waals surface area contributed by atoms with Gasteiger partial charge in [0.25, 0.3) is 5.91 Å². The maximum absolute atomic E-state index is 13.2. The van der Waals surface area contributed by atoms with Gasteiger partial charge in [0.1, 0.15) is 5.82 Å². The van der Waals surface area contributed by atoms with Crippen LogP contribution in [-0.4, -0.2) is 10.5 Å². The van der Waals surface area contributed by atoms with Gasteiger partial charge in [-0.1, -0.05) is 12.1 Å². The van der Waals surface area contributed by atoms with Crippen molar-refractivity contribution in [2.24, 2.45) is 0 Å². The molecule has 0 fully saturated rings. The molecule has 0 bridgehead atoms. The molecule has 23 heavy (non-hydrogen) atoms. The summed E-state index contributed by atoms with van der Waals surface area (Å²) in [6.45, 7) is 2.08. The van der Waals surface area contributed by atoms with E-state index in [4.69, 9.17) is 0 Å². The van der Waals surface area contributed by atoms with Crippen LogP contribution in [0.2, 0.25) is 0 Å². The van der Waals surface area contributed by atoms with E-state index in [0.29, 0.717) is 17.7 Å². The molecule has 0 aliphatic carbocycles. The average Bonchev–Trinajstić information content (AvgIpc) is 3.10. The molecule has 1 N–H and O–H groups in total. The van der Waals surface area contributed by atoms with Crippen molar-refractivity contribution in [1.82, 2.24) is 9.88 Å². The van der Waals surface area contributed by atoms with E-state index in [0.717, 1.165) is 11.3 Å². The van der Waals surface area contributed by atoms with Crippen LogP contribution in [-0.2, 0) is 6.54 Å². The van der Waals surface area contributed by atoms with Gasteiger partial charge in [-0.05, 0) is 60.5 Å². The molecule has 116 valence electrons. The van der Waals surface area contributed by atoms with Gasteiger partial charge in [0, 0.05) is 30.2 Å². The summed E-state index contributed by atoms with van der Waals surface area (Å²) < 4.78 is 15.2. The number of rotatable bonds is 4. The molecular formula is C19H17FN2O. The maximum atomic E-state index is 13.2. The fourth-order valence-corrected chi connectivity index (χ4v) is 2.39. The van der Waals surface area contributed by atoms with Crippen molar-refractivity contribution in [3.8, 4) is 5.69 Å². The zero-order valence-electron chi connectivity index (χ0n) is 12.8. The molecule has 0 aliphatic heterocycles. The number of nitrogens with one attached hydrogen (secondary N) is 1. The highest BCUT2D eigenvalue weighted by atomic mass is 19.1. The maximum Gasteiger partial charge on any atom is 0.251 e. The van der Waals surface area contributed by atoms with Crippen molar-refractivity contribution < 1.29 is 9.18 Å². The molecule has 0 saturated carbocycles. The number of nitrogens with zero attached hydrogens (tertiary/aromatic N) is 1. The van der Waals surface area contributed by atoms with Gasteiger partial charge in [-0.2, -0.15) is 0 Å². The van der Waals surface area contributed by atoms with Gasteiger partial charge in [-0.25, -0.2) is 4.39 Å². The van der Waals surface area contributed by atoms with Crippen LogP contribution in [0.15, 0.2) is 67.0 Å². The van der Waals surface area contributed by atoms with Gasteiger partial charge in [-0.3, -0.25) is 4.79 Å². The monoisotopic (exact) mass is 308 g/mol. The van der Waals surface area contributed by atoms with E-state index in [9.17, 15) is 9.18 Å². The van der Waals surface area contributed by atoms with Crippen molar-refractivity contribution in [2.75, 3.05) is 0 Å². The highest BCUT2D eigenvalue weighted by Gasteiger charge is 2.06. The fourth-order valence-electron chi connectivity index (χ4n) is 2.39. The highest BCUT2D eigenvalue weighted by Crippen LogP contribution is 2.11. The van der Waals surface area contributed by atoms with Gasteiger partial charge >= 0.3 is 0 Å². The van der Waals surface area contributed by atoms with Crippen molar-refractivity contribution >= 4 is 5.91 Å². The van der Waals surface area contributed by atoms with Gasteiger partial charge in [0.05, 0.1) is 0 Å². The van der Waals surface area contributed by atoms with Crippen molar-refractivity contribution in [2.45, 2.75) is 13.5 Å². The lowest BCUT2D eigenvalue weighted by Gasteiger charge is -2.08. The van der Waals surface area contributed by atoms with Crippen LogP contribution < -0.4 is 5.32 Å². The first-order chi connectivity index (χ1) is 11.1. The number of hydrogen-bond acceptors (Lipinski definition) is 1. The molecule has 0 radical (unpaired) electrons. The lowest BCUT2D eigenvalue weighted by atomic mass is 10.1. The summed E-state index contributed by atoms with van der Waals surface area (Å²) in [5.41, 5.74) is 3.05. The molecular weight excluding hydrogens is 291 g/mol. The minimum absolute atomic E-state index is 0.147. The van der Waals surface area contributed by atoms with E-state index < -0.39 is 0 Å². The lowest BCUT2D eigenvalue weighted by molar-refractivity contribution is 0.0951. The van der Waals surface area contributed by atoms with E-state index in [2.05, 4.69) is 5.32 Å². The number of carbonyl (C=O) groups excluding carboxylic acids is 1. The smallest absolute Gasteiger partial charge is 0.251 e. The zero-order chi connectivity index (χ0) is 16.2. The van der Waals surface area contributed by atoms with Crippen LogP contribution in [0.4, 0.5) is 4.39 Å². The Morgan fingerprint density at radius 3 is 2.43 bits per heavy atom. The van der Waals surface area contributed by atoms with Gasteiger partial charge in [-0.15, -0.1) is 0 Å². The Morgan fingerprint density at radius 1 is 1.09 bits per heavy atom. The van der Waals surface area contributed by atoms with E-state index in [1.165, 1.54) is 6.07 Å². The molecule has 0 aliphatic rings. The van der Waals surface area contributed by atoms with Crippen LogP contribution in [0.25, 0.3) is 5.69 Å². The van der Waals surface area contributed by atoms with Gasteiger partial charge in [0.15, 0.2) is 0 Å². The summed E-state index contributed by atoms with van der Waals surface area (Å²) in [6.07, 6.45) is 3.90. The Balaban J connectivity index is 1.65. The number of aryl methyl sites for hydroxylation is 1. The molecule has 2 aromatic carbocycles. The van der Waals surface area contributed by atoms with E-state index >= 15 is 0 Å². The van der Waals surface area contributed by atoms with Crippen LogP contribution in [0.1, 0.15) is 21.5 Å². The van der Waals surface area contributed by atoms with E-state index in [1.54, 1.807) is 31.2 Å². The number of carbonyl (C=O) groups is 1. The predicted octanol–water partition coefficient (Wildman–Crippen LogP) is 3.85. The molecule has 0 spiro atoms. The Labute approximate surface area is 134 Å². The molecule has 1 aromatic heterocycles. The Bertz CT molecular complexity index is 808. The molecule has 1 amide bonds. The summed E-state index contributed by atoms with van der Waals surface area (Å²) in [7, 11) is 0. The number of halogens is 1. The Hall–Kier alpha value is -2.88. The van der Waals surface area contributed by atoms with Crippen molar-refractivity contribution in [1.29, 1.82) is 0 Å². The van der Waals surface area contributed by atoms with Crippen LogP contribution in [0.3, 0.4) is 0 Å². The average molecular weight is 308 g/mol. The first-order valence-electron chi connectivity index (χ1n) is 7.40. The first-order valence-corrected chi connectivity index (χ1v) is 7.40. The SMILES string of the molecule is Cc1cc(CNC(=O)c2ccc(-n3cccc3)cc2)ccc1F. The first kappa shape index (κ1) is 15.0. The van der Waals surface area contributed by atoms with Crippen LogP contribution in [0, 0.1) is 12.7 Å². The minimum atomic E-state index is -0.235.